The van der Waals surface area contributed by atoms with Gasteiger partial charge in [-0.2, -0.15) is 0 Å². The lowest BCUT2D eigenvalue weighted by Crippen LogP contribution is -2.11. The Labute approximate surface area is 320 Å². The number of benzene rings is 9. The van der Waals surface area contributed by atoms with Gasteiger partial charge in [0.05, 0.1) is 23.5 Å². The first-order valence-corrected chi connectivity index (χ1v) is 16.7. The Bertz CT molecular complexity index is 3600. The molecule has 0 amide bonds. The normalized spacial score (nSPS) is 15.0. The third-order valence-electron chi connectivity index (χ3n) is 9.26. The molecule has 0 radical (unpaired) electrons. The number of hydrogen-bond donors (Lipinski definition) is 0. The molecule has 0 aliphatic rings. The van der Waals surface area contributed by atoms with Crippen molar-refractivity contribution in [3.8, 4) is 33.4 Å². The average Bonchev–Trinajstić information content (AvgIpc) is 3.72. The Balaban J connectivity index is 1.21. The molecule has 0 fully saturated rings. The highest BCUT2D eigenvalue weighted by molar-refractivity contribution is 6.19. The van der Waals surface area contributed by atoms with Gasteiger partial charge < -0.3 is 9.32 Å². The Hall–Kier alpha value is -6.90. The minimum absolute atomic E-state index is 0.0562. The molecule has 10 aromatic rings. The second-order valence-electron chi connectivity index (χ2n) is 12.3. The van der Waals surface area contributed by atoms with E-state index in [0.717, 1.165) is 16.3 Å². The van der Waals surface area contributed by atoms with E-state index >= 15 is 0 Å². The molecule has 0 saturated heterocycles. The van der Waals surface area contributed by atoms with Crippen LogP contribution >= 0.6 is 0 Å². The second-order valence-corrected chi connectivity index (χ2v) is 12.3. The zero-order valence-electron chi connectivity index (χ0n) is 40.4. The summed E-state index contributed by atoms with van der Waals surface area (Å²) in [5, 5.41) is 3.50. The van der Waals surface area contributed by atoms with Crippen LogP contribution in [-0.4, -0.2) is 0 Å². The standard InChI is InChI=1S/C50H33NO/c1-2-11-34(12-3-1)35-23-28-40(29-24-35)51(47-19-8-6-16-44(47)43-18-10-14-37-13-4-5-15-42(37)43)41-30-25-36(26-31-41)39-22-21-38-27-32-49-50(46(38)33-39)45-17-7-9-20-48(45)52-49/h1-33H/i1D,2D,3D,11D,12D,17D,23D,24D,27D,28D,29D,32D,33D. The summed E-state index contributed by atoms with van der Waals surface area (Å²) in [6.45, 7) is 0. The van der Waals surface area contributed by atoms with Gasteiger partial charge in [0.1, 0.15) is 11.2 Å². The van der Waals surface area contributed by atoms with Crippen molar-refractivity contribution >= 4 is 60.5 Å². The summed E-state index contributed by atoms with van der Waals surface area (Å²) in [6, 6.07) is 31.0. The molecule has 244 valence electrons. The van der Waals surface area contributed by atoms with Crippen LogP contribution in [0.5, 0.6) is 0 Å². The summed E-state index contributed by atoms with van der Waals surface area (Å²) in [5.74, 6) is 0. The Morgan fingerprint density at radius 3 is 2.02 bits per heavy atom. The SMILES string of the molecule is [2H]c1c([2H])c([2H])c(-c2c([2H])c([2H])c(N(c3ccc(-c4ccc5c([2H])c([2H])c6oc7cccc([2H])c7c6c5c4[2H])cc3)c3ccccc3-c3cccc4ccccc34)c([2H])c2[2H])c([2H])c1[2H]. The fraction of sp³-hybridized carbons (Fsp3) is 0. The highest BCUT2D eigenvalue weighted by Crippen LogP contribution is 2.44. The van der Waals surface area contributed by atoms with Gasteiger partial charge in [0.2, 0.25) is 0 Å². The van der Waals surface area contributed by atoms with Crippen molar-refractivity contribution in [3.05, 3.63) is 200 Å². The number of furan rings is 1. The van der Waals surface area contributed by atoms with E-state index in [2.05, 4.69) is 0 Å². The topological polar surface area (TPSA) is 16.4 Å². The van der Waals surface area contributed by atoms with E-state index < -0.39 is 65.5 Å². The zero-order valence-corrected chi connectivity index (χ0v) is 27.4. The fourth-order valence-electron chi connectivity index (χ4n) is 6.84. The van der Waals surface area contributed by atoms with E-state index in [9.17, 15) is 6.85 Å². The maximum atomic E-state index is 9.56. The lowest BCUT2D eigenvalue weighted by atomic mass is 9.95. The predicted molar refractivity (Wildman–Crippen MR) is 220 cm³/mol. The minimum Gasteiger partial charge on any atom is -0.456 e. The van der Waals surface area contributed by atoms with Crippen LogP contribution in [0.3, 0.4) is 0 Å². The van der Waals surface area contributed by atoms with Crippen molar-refractivity contribution in [3.63, 3.8) is 0 Å². The molecule has 0 bridgehead atoms. The molecule has 0 atom stereocenters. The number of hydrogen-bond acceptors (Lipinski definition) is 2. The highest BCUT2D eigenvalue weighted by Gasteiger charge is 2.19. The molecule has 0 spiro atoms. The largest absolute Gasteiger partial charge is 0.456 e. The van der Waals surface area contributed by atoms with Crippen LogP contribution in [0.15, 0.2) is 204 Å². The predicted octanol–water partition coefficient (Wildman–Crippen LogP) is 14.4. The summed E-state index contributed by atoms with van der Waals surface area (Å²) in [5.41, 5.74) is 2.99. The fourth-order valence-corrected chi connectivity index (χ4v) is 6.84. The molecule has 2 heteroatoms. The van der Waals surface area contributed by atoms with E-state index in [0.29, 0.717) is 55.2 Å². The summed E-state index contributed by atoms with van der Waals surface area (Å²) < 4.78 is 121. The molecule has 2 nitrogen and oxygen atoms in total. The Morgan fingerprint density at radius 2 is 1.13 bits per heavy atom. The quantitative estimate of drug-likeness (QED) is 0.174. The van der Waals surface area contributed by atoms with E-state index in [4.69, 9.17) is 15.4 Å². The van der Waals surface area contributed by atoms with E-state index in [-0.39, 0.29) is 35.4 Å². The lowest BCUT2D eigenvalue weighted by molar-refractivity contribution is 0.669. The second kappa shape index (κ2) is 12.5. The van der Waals surface area contributed by atoms with E-state index in [1.807, 2.05) is 60.7 Å². The average molecular weight is 677 g/mol. The van der Waals surface area contributed by atoms with Gasteiger partial charge in [-0.05, 0) is 97.8 Å². The Morgan fingerprint density at radius 1 is 0.404 bits per heavy atom. The first-order valence-electron chi connectivity index (χ1n) is 23.2. The van der Waals surface area contributed by atoms with Crippen LogP contribution in [0.1, 0.15) is 17.8 Å². The van der Waals surface area contributed by atoms with Crippen LogP contribution in [-0.2, 0) is 0 Å². The van der Waals surface area contributed by atoms with Gasteiger partial charge in [-0.15, -0.1) is 0 Å². The molecular formula is C50H33NO. The van der Waals surface area contributed by atoms with Gasteiger partial charge in [-0.1, -0.05) is 151 Å². The maximum absolute atomic E-state index is 9.56. The van der Waals surface area contributed by atoms with Crippen LogP contribution < -0.4 is 4.90 Å². The lowest BCUT2D eigenvalue weighted by Gasteiger charge is -2.28. The molecule has 1 aromatic heterocycles. The summed E-state index contributed by atoms with van der Waals surface area (Å²) in [4.78, 5) is 1.62. The van der Waals surface area contributed by atoms with Crippen molar-refractivity contribution in [2.75, 3.05) is 4.90 Å². The molecular weight excluding hydrogens is 631 g/mol. The maximum Gasteiger partial charge on any atom is 0.136 e. The molecule has 9 aromatic carbocycles. The molecule has 52 heavy (non-hydrogen) atoms. The van der Waals surface area contributed by atoms with Crippen molar-refractivity contribution < 1.29 is 22.2 Å². The first-order chi connectivity index (χ1) is 31.2. The van der Waals surface area contributed by atoms with E-state index in [1.54, 1.807) is 65.6 Å². The summed E-state index contributed by atoms with van der Waals surface area (Å²) >= 11 is 0. The van der Waals surface area contributed by atoms with Gasteiger partial charge >= 0.3 is 0 Å². The van der Waals surface area contributed by atoms with Crippen molar-refractivity contribution in [1.29, 1.82) is 0 Å². The highest BCUT2D eigenvalue weighted by atomic mass is 16.3. The number of anilines is 3. The smallest absolute Gasteiger partial charge is 0.136 e. The van der Waals surface area contributed by atoms with Gasteiger partial charge in [-0.3, -0.25) is 0 Å². The summed E-state index contributed by atoms with van der Waals surface area (Å²) in [7, 11) is 0. The monoisotopic (exact) mass is 676 g/mol. The van der Waals surface area contributed by atoms with Gasteiger partial charge in [0.15, 0.2) is 0 Å². The van der Waals surface area contributed by atoms with Crippen molar-refractivity contribution in [2.24, 2.45) is 0 Å². The van der Waals surface area contributed by atoms with Crippen LogP contribution in [0.2, 0.25) is 0 Å². The van der Waals surface area contributed by atoms with Crippen LogP contribution in [0, 0.1) is 0 Å². The minimum atomic E-state index is -0.667. The summed E-state index contributed by atoms with van der Waals surface area (Å²) in [6.07, 6.45) is 0. The molecule has 0 aliphatic carbocycles. The molecule has 0 unspecified atom stereocenters. The third-order valence-corrected chi connectivity index (χ3v) is 9.26. The molecule has 1 heterocycles. The zero-order chi connectivity index (χ0) is 45.7. The van der Waals surface area contributed by atoms with Gasteiger partial charge in [0, 0.05) is 27.7 Å². The third kappa shape index (κ3) is 5.12. The van der Waals surface area contributed by atoms with Gasteiger partial charge in [-0.25, -0.2) is 0 Å². The molecule has 0 aliphatic heterocycles. The number of para-hydroxylation sites is 2. The molecule has 10 rings (SSSR count). The number of nitrogens with zero attached hydrogens (tertiary/aromatic N) is 1. The van der Waals surface area contributed by atoms with Crippen LogP contribution in [0.25, 0.3) is 76.9 Å². The van der Waals surface area contributed by atoms with Crippen molar-refractivity contribution in [2.45, 2.75) is 0 Å². The van der Waals surface area contributed by atoms with Gasteiger partial charge in [0.25, 0.3) is 0 Å². The molecule has 0 N–H and O–H groups in total. The van der Waals surface area contributed by atoms with Crippen LogP contribution in [0.4, 0.5) is 17.1 Å². The first kappa shape index (κ1) is 19.5. The van der Waals surface area contributed by atoms with E-state index in [1.165, 1.54) is 0 Å². The number of fused-ring (bicyclic) bond motifs is 6. The molecule has 0 saturated carbocycles. The number of rotatable bonds is 6. The van der Waals surface area contributed by atoms with Crippen molar-refractivity contribution in [1.82, 2.24) is 0 Å². The Kier molecular flexibility index (Phi) is 4.67.